The molecule has 2 heterocycles. The van der Waals surface area contributed by atoms with Crippen LogP contribution in [-0.4, -0.2) is 20.2 Å². The minimum Gasteiger partial charge on any atom is -0.349 e. The Hall–Kier alpha value is -1.55. The topological polar surface area (TPSA) is 34.8 Å². The lowest BCUT2D eigenvalue weighted by atomic mass is 10.1. The first-order chi connectivity index (χ1) is 10.2. The molecule has 0 radical (unpaired) electrons. The van der Waals surface area contributed by atoms with Gasteiger partial charge in [0.05, 0.1) is 6.33 Å². The highest BCUT2D eigenvalue weighted by Gasteiger charge is 2.28. The van der Waals surface area contributed by atoms with Crippen molar-refractivity contribution in [3.63, 3.8) is 0 Å². The monoisotopic (exact) mass is 286 g/mol. The van der Waals surface area contributed by atoms with Crippen molar-refractivity contribution >= 4 is 0 Å². The highest BCUT2D eigenvalue weighted by atomic mass is 15.1. The number of hydrogen-bond donors (Lipinski definition) is 1. The van der Waals surface area contributed by atoms with Crippen molar-refractivity contribution in [3.8, 4) is 0 Å². The molecule has 1 aliphatic rings. The van der Waals surface area contributed by atoms with Crippen molar-refractivity contribution in [1.29, 1.82) is 0 Å². The Morgan fingerprint density at radius 3 is 2.86 bits per heavy atom. The summed E-state index contributed by atoms with van der Waals surface area (Å²) >= 11 is 0. The average molecular weight is 286 g/mol. The van der Waals surface area contributed by atoms with Gasteiger partial charge in [-0.05, 0) is 51.7 Å². The Morgan fingerprint density at radius 2 is 2.19 bits per heavy atom. The largest absolute Gasteiger partial charge is 0.349 e. The molecule has 2 atom stereocenters. The second kappa shape index (κ2) is 6.06. The Kier molecular flexibility index (Phi) is 4.15. The molecule has 0 amide bonds. The van der Waals surface area contributed by atoms with Gasteiger partial charge in [-0.25, -0.2) is 4.98 Å². The molecule has 1 N–H and O–H groups in total. The third kappa shape index (κ3) is 2.77. The van der Waals surface area contributed by atoms with Crippen LogP contribution in [0.1, 0.15) is 49.2 Å². The second-order valence-electron chi connectivity index (χ2n) is 6.14. The predicted octanol–water partition coefficient (Wildman–Crippen LogP) is 3.20. The van der Waals surface area contributed by atoms with Crippen LogP contribution in [0.4, 0.5) is 0 Å². The van der Waals surface area contributed by atoms with Gasteiger partial charge in [-0.15, -0.1) is 0 Å². The lowest BCUT2D eigenvalue weighted by Crippen LogP contribution is -2.33. The van der Waals surface area contributed by atoms with Gasteiger partial charge in [0.15, 0.2) is 0 Å². The summed E-state index contributed by atoms with van der Waals surface area (Å²) in [5.41, 5.74) is 4.20. The molecule has 0 aromatic carbocycles. The van der Waals surface area contributed by atoms with Gasteiger partial charge in [-0.1, -0.05) is 0 Å². The van der Waals surface area contributed by atoms with Crippen LogP contribution in [-0.2, 0) is 13.1 Å². The molecule has 0 spiro atoms. The molecule has 1 saturated carbocycles. The zero-order valence-corrected chi connectivity index (χ0v) is 13.3. The third-order valence-electron chi connectivity index (χ3n) is 4.94. The molecule has 4 nitrogen and oxygen atoms in total. The summed E-state index contributed by atoms with van der Waals surface area (Å²) in [6, 6.07) is 3.44. The van der Waals surface area contributed by atoms with E-state index in [-0.39, 0.29) is 0 Å². The molecule has 4 heteroatoms. The fourth-order valence-electron chi connectivity index (χ4n) is 3.78. The Morgan fingerprint density at radius 1 is 1.33 bits per heavy atom. The predicted molar refractivity (Wildman–Crippen MR) is 85.3 cm³/mol. The van der Waals surface area contributed by atoms with Crippen LogP contribution in [0.5, 0.6) is 0 Å². The fraction of sp³-hybridized carbons (Fsp3) is 0.588. The molecule has 21 heavy (non-hydrogen) atoms. The van der Waals surface area contributed by atoms with Crippen molar-refractivity contribution < 1.29 is 0 Å². The van der Waals surface area contributed by atoms with E-state index in [1.54, 1.807) is 0 Å². The van der Waals surface area contributed by atoms with Gasteiger partial charge in [-0.2, -0.15) is 0 Å². The number of imidazole rings is 1. The lowest BCUT2D eigenvalue weighted by Gasteiger charge is -2.22. The molecular weight excluding hydrogens is 260 g/mol. The highest BCUT2D eigenvalue weighted by Crippen LogP contribution is 2.30. The Bertz CT molecular complexity index is 582. The minimum atomic E-state index is 0.558. The number of aryl methyl sites for hydroxylation is 1. The zero-order valence-electron chi connectivity index (χ0n) is 13.3. The Labute approximate surface area is 127 Å². The molecule has 3 rings (SSSR count). The molecule has 0 bridgehead atoms. The number of rotatable bonds is 5. The minimum absolute atomic E-state index is 0.558. The third-order valence-corrected chi connectivity index (χ3v) is 4.94. The summed E-state index contributed by atoms with van der Waals surface area (Å²) in [6.07, 6.45) is 9.73. The molecule has 1 aliphatic carbocycles. The van der Waals surface area contributed by atoms with Crippen molar-refractivity contribution in [3.05, 3.63) is 41.7 Å². The maximum Gasteiger partial charge on any atom is 0.0949 e. The van der Waals surface area contributed by atoms with Crippen LogP contribution in [0.15, 0.2) is 24.8 Å². The lowest BCUT2D eigenvalue weighted by molar-refractivity contribution is 0.390. The van der Waals surface area contributed by atoms with Gasteiger partial charge in [0, 0.05) is 49.0 Å². The van der Waals surface area contributed by atoms with Crippen LogP contribution in [0.3, 0.4) is 0 Å². The van der Waals surface area contributed by atoms with Crippen LogP contribution in [0.2, 0.25) is 0 Å². The smallest absolute Gasteiger partial charge is 0.0949 e. The number of nitrogens with zero attached hydrogens (tertiary/aromatic N) is 3. The van der Waals surface area contributed by atoms with Gasteiger partial charge >= 0.3 is 0 Å². The van der Waals surface area contributed by atoms with E-state index in [1.165, 1.54) is 36.2 Å². The van der Waals surface area contributed by atoms with E-state index in [0.29, 0.717) is 12.1 Å². The molecule has 0 saturated heterocycles. The molecule has 2 unspecified atom stereocenters. The summed E-state index contributed by atoms with van der Waals surface area (Å²) in [4.78, 5) is 4.19. The molecule has 2 aromatic heterocycles. The summed E-state index contributed by atoms with van der Waals surface area (Å²) in [6.45, 7) is 8.66. The first-order valence-corrected chi connectivity index (χ1v) is 8.07. The van der Waals surface area contributed by atoms with E-state index in [1.807, 2.05) is 12.5 Å². The van der Waals surface area contributed by atoms with Gasteiger partial charge in [0.1, 0.15) is 0 Å². The first kappa shape index (κ1) is 14.4. The molecule has 2 aromatic rings. The summed E-state index contributed by atoms with van der Waals surface area (Å²) in [7, 11) is 0. The van der Waals surface area contributed by atoms with E-state index < -0.39 is 0 Å². The van der Waals surface area contributed by atoms with Crippen LogP contribution in [0.25, 0.3) is 0 Å². The summed E-state index contributed by atoms with van der Waals surface area (Å²) < 4.78 is 4.65. The van der Waals surface area contributed by atoms with Crippen molar-refractivity contribution in [2.24, 2.45) is 0 Å². The van der Waals surface area contributed by atoms with E-state index in [9.17, 15) is 0 Å². The maximum absolute atomic E-state index is 4.19. The van der Waals surface area contributed by atoms with Crippen LogP contribution < -0.4 is 5.32 Å². The first-order valence-electron chi connectivity index (χ1n) is 8.07. The van der Waals surface area contributed by atoms with Crippen molar-refractivity contribution in [2.45, 2.75) is 65.2 Å². The number of hydrogen-bond acceptors (Lipinski definition) is 2. The maximum atomic E-state index is 4.19. The molecule has 114 valence electrons. The SMILES string of the molecule is CCn1c(C)cc(CNC2CCCC2n2ccnc2)c1C. The van der Waals surface area contributed by atoms with Crippen LogP contribution in [0, 0.1) is 13.8 Å². The summed E-state index contributed by atoms with van der Waals surface area (Å²) in [5.74, 6) is 0. The van der Waals surface area contributed by atoms with E-state index >= 15 is 0 Å². The molecule has 0 aliphatic heterocycles. The van der Waals surface area contributed by atoms with Gasteiger partial charge in [0.2, 0.25) is 0 Å². The quantitative estimate of drug-likeness (QED) is 0.916. The highest BCUT2D eigenvalue weighted by molar-refractivity contribution is 5.26. The second-order valence-corrected chi connectivity index (χ2v) is 6.14. The molecule has 1 fully saturated rings. The van der Waals surface area contributed by atoms with Crippen molar-refractivity contribution in [2.75, 3.05) is 0 Å². The van der Waals surface area contributed by atoms with E-state index in [4.69, 9.17) is 0 Å². The standard InChI is InChI=1S/C17H26N4/c1-4-21-13(2)10-15(14(21)3)11-19-16-6-5-7-17(16)20-9-8-18-12-20/h8-10,12,16-17,19H,4-7,11H2,1-3H3. The van der Waals surface area contributed by atoms with Gasteiger partial charge in [0.25, 0.3) is 0 Å². The molecular formula is C17H26N4. The van der Waals surface area contributed by atoms with E-state index in [0.717, 1.165) is 13.1 Å². The summed E-state index contributed by atoms with van der Waals surface area (Å²) in [5, 5.41) is 3.78. The Balaban J connectivity index is 1.67. The average Bonchev–Trinajstić information content (AvgIpc) is 3.17. The van der Waals surface area contributed by atoms with Gasteiger partial charge < -0.3 is 14.5 Å². The fourth-order valence-corrected chi connectivity index (χ4v) is 3.78. The van der Waals surface area contributed by atoms with E-state index in [2.05, 4.69) is 52.5 Å². The number of aromatic nitrogens is 3. The van der Waals surface area contributed by atoms with Crippen molar-refractivity contribution in [1.82, 2.24) is 19.4 Å². The number of nitrogens with one attached hydrogen (secondary N) is 1. The zero-order chi connectivity index (χ0) is 14.8. The normalized spacial score (nSPS) is 22.0. The van der Waals surface area contributed by atoms with Crippen LogP contribution >= 0.6 is 0 Å². The van der Waals surface area contributed by atoms with Gasteiger partial charge in [-0.3, -0.25) is 0 Å².